The standard InChI is InChI=1S/C19H20F3N3O3/c1-10(2)13-5-11-3-4-12(6-16(26)27)18(28)25(9-19(20,21)22)8-15(11)14-7-23-24-17(13)14/h5,7,12H,1,3-4,6,8-9H2,2H3,(H,23,24)(H,26,27)/t12-/m0/s1. The maximum atomic E-state index is 13.1. The minimum atomic E-state index is -4.59. The number of fused-ring (bicyclic) bond motifs is 3. The van der Waals surface area contributed by atoms with Crippen LogP contribution in [0.3, 0.4) is 0 Å². The van der Waals surface area contributed by atoms with Gasteiger partial charge in [-0.2, -0.15) is 18.3 Å². The van der Waals surface area contributed by atoms with E-state index in [1.54, 1.807) is 0 Å². The van der Waals surface area contributed by atoms with Crippen molar-refractivity contribution in [1.29, 1.82) is 0 Å². The number of H-pyrrole nitrogens is 1. The number of nitrogens with zero attached hydrogens (tertiary/aromatic N) is 2. The normalized spacial score (nSPS) is 17.9. The van der Waals surface area contributed by atoms with E-state index in [0.29, 0.717) is 27.8 Å². The first-order valence-electron chi connectivity index (χ1n) is 8.78. The van der Waals surface area contributed by atoms with Crippen molar-refractivity contribution in [2.45, 2.75) is 38.9 Å². The highest BCUT2D eigenvalue weighted by Crippen LogP contribution is 2.34. The highest BCUT2D eigenvalue weighted by Gasteiger charge is 2.37. The lowest BCUT2D eigenvalue weighted by Gasteiger charge is -2.31. The van der Waals surface area contributed by atoms with Gasteiger partial charge < -0.3 is 10.0 Å². The number of allylic oxidation sites excluding steroid dienone is 1. The molecule has 150 valence electrons. The molecular weight excluding hydrogens is 375 g/mol. The van der Waals surface area contributed by atoms with E-state index in [-0.39, 0.29) is 13.0 Å². The number of carbonyl (C=O) groups is 2. The van der Waals surface area contributed by atoms with Crippen LogP contribution in [0.25, 0.3) is 16.5 Å². The van der Waals surface area contributed by atoms with E-state index < -0.39 is 36.9 Å². The van der Waals surface area contributed by atoms with Gasteiger partial charge in [0.15, 0.2) is 0 Å². The van der Waals surface area contributed by atoms with Crippen molar-refractivity contribution in [3.8, 4) is 0 Å². The van der Waals surface area contributed by atoms with E-state index in [1.165, 1.54) is 6.20 Å². The van der Waals surface area contributed by atoms with Crippen LogP contribution in [-0.4, -0.2) is 44.8 Å². The summed E-state index contributed by atoms with van der Waals surface area (Å²) in [5.41, 5.74) is 3.61. The number of aromatic amines is 1. The SMILES string of the molecule is C=C(C)c1cc2c(c3cn[nH]c13)CN(CC(F)(F)F)C(=O)[C@H](CC(=O)O)CC2. The number of carboxylic acids is 1. The molecule has 1 atom stereocenters. The van der Waals surface area contributed by atoms with Gasteiger partial charge in [0.05, 0.1) is 18.1 Å². The molecule has 0 radical (unpaired) electrons. The Kier molecular flexibility index (Phi) is 5.18. The van der Waals surface area contributed by atoms with Crippen LogP contribution < -0.4 is 0 Å². The van der Waals surface area contributed by atoms with Gasteiger partial charge in [-0.3, -0.25) is 14.7 Å². The fourth-order valence-electron chi connectivity index (χ4n) is 3.70. The van der Waals surface area contributed by atoms with Crippen LogP contribution in [0.1, 0.15) is 36.5 Å². The monoisotopic (exact) mass is 395 g/mol. The Balaban J connectivity index is 2.12. The quantitative estimate of drug-likeness (QED) is 0.829. The third-order valence-corrected chi connectivity index (χ3v) is 4.96. The second kappa shape index (κ2) is 7.29. The molecule has 1 aliphatic heterocycles. The van der Waals surface area contributed by atoms with Gasteiger partial charge in [0.2, 0.25) is 5.91 Å². The highest BCUT2D eigenvalue weighted by molar-refractivity contribution is 5.93. The Hall–Kier alpha value is -2.84. The smallest absolute Gasteiger partial charge is 0.406 e. The summed E-state index contributed by atoms with van der Waals surface area (Å²) < 4.78 is 39.3. The maximum absolute atomic E-state index is 13.1. The summed E-state index contributed by atoms with van der Waals surface area (Å²) in [6.45, 7) is 4.07. The van der Waals surface area contributed by atoms with Crippen LogP contribution in [0.2, 0.25) is 0 Å². The summed E-state index contributed by atoms with van der Waals surface area (Å²) in [6, 6.07) is 1.84. The highest BCUT2D eigenvalue weighted by atomic mass is 19.4. The average Bonchev–Trinajstić information content (AvgIpc) is 3.04. The predicted octanol–water partition coefficient (Wildman–Crippen LogP) is 3.52. The Morgan fingerprint density at radius 2 is 2.18 bits per heavy atom. The molecule has 1 amide bonds. The van der Waals surface area contributed by atoms with E-state index in [4.69, 9.17) is 5.11 Å². The first-order valence-corrected chi connectivity index (χ1v) is 8.78. The molecule has 0 unspecified atom stereocenters. The molecule has 0 spiro atoms. The van der Waals surface area contributed by atoms with Crippen molar-refractivity contribution >= 4 is 28.4 Å². The number of carbonyl (C=O) groups excluding carboxylic acids is 1. The van der Waals surface area contributed by atoms with Crippen molar-refractivity contribution in [2.75, 3.05) is 6.54 Å². The molecule has 2 N–H and O–H groups in total. The van der Waals surface area contributed by atoms with Crippen molar-refractivity contribution in [2.24, 2.45) is 5.92 Å². The van der Waals surface area contributed by atoms with Gasteiger partial charge in [-0.05, 0) is 42.5 Å². The molecule has 2 aromatic rings. The third kappa shape index (κ3) is 4.02. The summed E-state index contributed by atoms with van der Waals surface area (Å²) in [7, 11) is 0. The summed E-state index contributed by atoms with van der Waals surface area (Å²) in [6.07, 6.45) is -3.00. The molecule has 0 saturated carbocycles. The van der Waals surface area contributed by atoms with E-state index in [1.807, 2.05) is 13.0 Å². The molecule has 0 aliphatic carbocycles. The van der Waals surface area contributed by atoms with Crippen LogP contribution in [-0.2, 0) is 22.6 Å². The predicted molar refractivity (Wildman–Crippen MR) is 96.3 cm³/mol. The van der Waals surface area contributed by atoms with Crippen molar-refractivity contribution < 1.29 is 27.9 Å². The number of alkyl halides is 3. The third-order valence-electron chi connectivity index (χ3n) is 4.96. The number of nitrogens with one attached hydrogen (secondary N) is 1. The van der Waals surface area contributed by atoms with E-state index in [9.17, 15) is 22.8 Å². The van der Waals surface area contributed by atoms with Crippen LogP contribution >= 0.6 is 0 Å². The molecular formula is C19H20F3N3O3. The zero-order chi connectivity index (χ0) is 20.6. The van der Waals surface area contributed by atoms with Gasteiger partial charge in [-0.15, -0.1) is 0 Å². The fourth-order valence-corrected chi connectivity index (χ4v) is 3.70. The molecule has 6 nitrogen and oxygen atoms in total. The molecule has 0 fully saturated rings. The number of aromatic nitrogens is 2. The molecule has 2 heterocycles. The summed E-state index contributed by atoms with van der Waals surface area (Å²) >= 11 is 0. The number of hydrogen-bond acceptors (Lipinski definition) is 3. The molecule has 1 aromatic heterocycles. The van der Waals surface area contributed by atoms with Crippen molar-refractivity contribution in [3.05, 3.63) is 35.5 Å². The van der Waals surface area contributed by atoms with Crippen LogP contribution in [0.5, 0.6) is 0 Å². The van der Waals surface area contributed by atoms with E-state index >= 15 is 0 Å². The minimum absolute atomic E-state index is 0.158. The van der Waals surface area contributed by atoms with Crippen LogP contribution in [0.4, 0.5) is 13.2 Å². The summed E-state index contributed by atoms with van der Waals surface area (Å²) in [5.74, 6) is -2.99. The largest absolute Gasteiger partial charge is 0.481 e. The van der Waals surface area contributed by atoms with Gasteiger partial charge in [0.1, 0.15) is 6.54 Å². The average molecular weight is 395 g/mol. The molecule has 0 bridgehead atoms. The molecule has 3 rings (SSSR count). The zero-order valence-electron chi connectivity index (χ0n) is 15.3. The molecule has 9 heteroatoms. The first-order chi connectivity index (χ1) is 13.1. The van der Waals surface area contributed by atoms with Crippen molar-refractivity contribution in [1.82, 2.24) is 15.1 Å². The lowest BCUT2D eigenvalue weighted by atomic mass is 9.87. The molecule has 1 aromatic carbocycles. The molecule has 1 aliphatic rings. The second-order valence-electron chi connectivity index (χ2n) is 7.14. The molecule has 0 saturated heterocycles. The topological polar surface area (TPSA) is 86.3 Å². The van der Waals surface area contributed by atoms with Gasteiger partial charge in [0, 0.05) is 23.4 Å². The zero-order valence-corrected chi connectivity index (χ0v) is 15.3. The van der Waals surface area contributed by atoms with Gasteiger partial charge in [-0.1, -0.05) is 6.58 Å². The molecule has 28 heavy (non-hydrogen) atoms. The van der Waals surface area contributed by atoms with E-state index in [0.717, 1.165) is 16.7 Å². The maximum Gasteiger partial charge on any atom is 0.406 e. The number of carboxylic acid groups (broad SMARTS) is 1. The van der Waals surface area contributed by atoms with Gasteiger partial charge in [-0.25, -0.2) is 0 Å². The Labute approximate surface area is 159 Å². The minimum Gasteiger partial charge on any atom is -0.481 e. The number of rotatable bonds is 4. The lowest BCUT2D eigenvalue weighted by Crippen LogP contribution is -2.43. The Bertz CT molecular complexity index is 949. The van der Waals surface area contributed by atoms with Crippen LogP contribution in [0.15, 0.2) is 18.8 Å². The first kappa shape index (κ1) is 19.9. The lowest BCUT2D eigenvalue weighted by molar-refractivity contribution is -0.166. The Morgan fingerprint density at radius 3 is 2.79 bits per heavy atom. The number of aliphatic carboxylic acids is 1. The summed E-state index contributed by atoms with van der Waals surface area (Å²) in [4.78, 5) is 24.5. The number of hydrogen-bond donors (Lipinski definition) is 2. The number of amides is 1. The number of aryl methyl sites for hydroxylation is 1. The number of benzene rings is 1. The van der Waals surface area contributed by atoms with Gasteiger partial charge in [0.25, 0.3) is 0 Å². The van der Waals surface area contributed by atoms with Crippen LogP contribution in [0, 0.1) is 5.92 Å². The van der Waals surface area contributed by atoms with E-state index in [2.05, 4.69) is 16.8 Å². The summed E-state index contributed by atoms with van der Waals surface area (Å²) in [5, 5.41) is 16.6. The fraction of sp³-hybridized carbons (Fsp3) is 0.421. The van der Waals surface area contributed by atoms with Gasteiger partial charge >= 0.3 is 12.1 Å². The van der Waals surface area contributed by atoms with Crippen molar-refractivity contribution in [3.63, 3.8) is 0 Å². The second-order valence-corrected chi connectivity index (χ2v) is 7.14. The Morgan fingerprint density at radius 1 is 1.46 bits per heavy atom. The number of halogens is 3.